The Morgan fingerprint density at radius 3 is 2.50 bits per heavy atom. The van der Waals surface area contributed by atoms with E-state index in [1.54, 1.807) is 0 Å². The number of hydrogen-bond acceptors (Lipinski definition) is 3. The highest BCUT2D eigenvalue weighted by molar-refractivity contribution is 5.82. The van der Waals surface area contributed by atoms with Crippen LogP contribution < -0.4 is 5.32 Å². The molecule has 1 N–H and O–H groups in total. The number of carbonyl (C=O) groups excluding carboxylic acids is 1. The van der Waals surface area contributed by atoms with Crippen molar-refractivity contribution in [3.8, 4) is 0 Å². The number of carbonyl (C=O) groups is 1. The topological polar surface area (TPSA) is 38.3 Å². The maximum atomic E-state index is 11.9. The molecule has 1 fully saturated rings. The van der Waals surface area contributed by atoms with Crippen LogP contribution in [0.3, 0.4) is 0 Å². The van der Waals surface area contributed by atoms with E-state index in [2.05, 4.69) is 5.32 Å². The van der Waals surface area contributed by atoms with Gasteiger partial charge in [-0.3, -0.25) is 5.32 Å². The highest BCUT2D eigenvalue weighted by Crippen LogP contribution is 2.29. The molecule has 1 aromatic rings. The van der Waals surface area contributed by atoms with Gasteiger partial charge in [-0.15, -0.1) is 0 Å². The van der Waals surface area contributed by atoms with Gasteiger partial charge in [0.05, 0.1) is 7.11 Å². The Kier molecular flexibility index (Phi) is 2.97. The fourth-order valence-corrected chi connectivity index (χ4v) is 1.87. The maximum absolute atomic E-state index is 11.9. The van der Waals surface area contributed by atoms with Crippen LogP contribution in [-0.2, 0) is 15.1 Å². The van der Waals surface area contributed by atoms with Crippen LogP contribution in [0.4, 0.5) is 0 Å². The van der Waals surface area contributed by atoms with Crippen molar-refractivity contribution in [2.45, 2.75) is 31.3 Å². The van der Waals surface area contributed by atoms with Crippen LogP contribution in [0.1, 0.15) is 25.3 Å². The van der Waals surface area contributed by atoms with Crippen LogP contribution in [0, 0.1) is 0 Å². The summed E-state index contributed by atoms with van der Waals surface area (Å²) in [5, 5.41) is 3.36. The lowest BCUT2D eigenvalue weighted by Gasteiger charge is -2.28. The zero-order chi connectivity index (χ0) is 11.6. The summed E-state index contributed by atoms with van der Waals surface area (Å²) in [5.41, 5.74) is 0.228. The van der Waals surface area contributed by atoms with E-state index >= 15 is 0 Å². The SMILES string of the molecule is COC(=O)C(C)(NC1CC1)c1ccccc1. The Morgan fingerprint density at radius 2 is 2.00 bits per heavy atom. The molecule has 1 aliphatic rings. The number of nitrogens with one attached hydrogen (secondary N) is 1. The molecule has 3 heteroatoms. The van der Waals surface area contributed by atoms with Crippen molar-refractivity contribution < 1.29 is 9.53 Å². The summed E-state index contributed by atoms with van der Waals surface area (Å²) in [7, 11) is 1.43. The third-order valence-electron chi connectivity index (χ3n) is 3.01. The van der Waals surface area contributed by atoms with E-state index in [4.69, 9.17) is 4.74 Å². The van der Waals surface area contributed by atoms with Crippen LogP contribution in [-0.4, -0.2) is 19.1 Å². The zero-order valence-electron chi connectivity index (χ0n) is 9.69. The van der Waals surface area contributed by atoms with Gasteiger partial charge in [0.1, 0.15) is 5.54 Å². The van der Waals surface area contributed by atoms with Gasteiger partial charge in [-0.1, -0.05) is 30.3 Å². The van der Waals surface area contributed by atoms with Crippen LogP contribution in [0.25, 0.3) is 0 Å². The molecule has 0 bridgehead atoms. The van der Waals surface area contributed by atoms with Crippen LogP contribution in [0.15, 0.2) is 30.3 Å². The molecule has 0 radical (unpaired) electrons. The summed E-state index contributed by atoms with van der Waals surface area (Å²) >= 11 is 0. The van der Waals surface area contributed by atoms with Gasteiger partial charge in [-0.25, -0.2) is 4.79 Å². The molecule has 0 amide bonds. The lowest BCUT2D eigenvalue weighted by molar-refractivity contribution is -0.148. The number of ether oxygens (including phenoxy) is 1. The average molecular weight is 219 g/mol. The Morgan fingerprint density at radius 1 is 1.38 bits per heavy atom. The third-order valence-corrected chi connectivity index (χ3v) is 3.01. The predicted octanol–water partition coefficient (Wildman–Crippen LogP) is 1.83. The molecule has 3 nitrogen and oxygen atoms in total. The summed E-state index contributed by atoms with van der Waals surface area (Å²) in [6.07, 6.45) is 2.28. The summed E-state index contributed by atoms with van der Waals surface area (Å²) < 4.78 is 4.90. The quantitative estimate of drug-likeness (QED) is 0.785. The Bertz CT molecular complexity index is 373. The normalized spacial score (nSPS) is 18.9. The van der Waals surface area contributed by atoms with Crippen molar-refractivity contribution in [2.75, 3.05) is 7.11 Å². The van der Waals surface area contributed by atoms with Crippen molar-refractivity contribution in [1.82, 2.24) is 5.32 Å². The molecule has 16 heavy (non-hydrogen) atoms. The van der Waals surface area contributed by atoms with Crippen LogP contribution in [0.2, 0.25) is 0 Å². The van der Waals surface area contributed by atoms with E-state index < -0.39 is 5.54 Å². The average Bonchev–Trinajstić information content (AvgIpc) is 3.12. The second-order valence-electron chi connectivity index (χ2n) is 4.40. The monoisotopic (exact) mass is 219 g/mol. The number of rotatable bonds is 4. The molecular formula is C13H17NO2. The Balaban J connectivity index is 2.29. The van der Waals surface area contributed by atoms with E-state index in [-0.39, 0.29) is 5.97 Å². The lowest BCUT2D eigenvalue weighted by atomic mass is 9.92. The lowest BCUT2D eigenvalue weighted by Crippen LogP contribution is -2.48. The first-order chi connectivity index (χ1) is 7.66. The summed E-state index contributed by atoms with van der Waals surface area (Å²) in [6, 6.07) is 10.2. The predicted molar refractivity (Wildman–Crippen MR) is 62.0 cm³/mol. The van der Waals surface area contributed by atoms with Gasteiger partial charge in [0.2, 0.25) is 0 Å². The van der Waals surface area contributed by atoms with Gasteiger partial charge in [0, 0.05) is 6.04 Å². The summed E-state index contributed by atoms with van der Waals surface area (Å²) in [6.45, 7) is 1.88. The summed E-state index contributed by atoms with van der Waals surface area (Å²) in [5.74, 6) is -0.231. The molecular weight excluding hydrogens is 202 g/mol. The second kappa shape index (κ2) is 4.26. The van der Waals surface area contributed by atoms with Crippen molar-refractivity contribution in [2.24, 2.45) is 0 Å². The minimum absolute atomic E-state index is 0.231. The highest BCUT2D eigenvalue weighted by Gasteiger charge is 2.40. The van der Waals surface area contributed by atoms with Crippen molar-refractivity contribution >= 4 is 5.97 Å². The highest BCUT2D eigenvalue weighted by atomic mass is 16.5. The Hall–Kier alpha value is -1.35. The molecule has 1 aromatic carbocycles. The second-order valence-corrected chi connectivity index (χ2v) is 4.40. The number of hydrogen-bond donors (Lipinski definition) is 1. The van der Waals surface area contributed by atoms with Gasteiger partial charge in [0.25, 0.3) is 0 Å². The van der Waals surface area contributed by atoms with Crippen molar-refractivity contribution in [3.05, 3.63) is 35.9 Å². The minimum atomic E-state index is -0.725. The zero-order valence-corrected chi connectivity index (χ0v) is 9.69. The fraction of sp³-hybridized carbons (Fsp3) is 0.462. The largest absolute Gasteiger partial charge is 0.467 e. The summed E-state index contributed by atoms with van der Waals surface area (Å²) in [4.78, 5) is 11.9. The smallest absolute Gasteiger partial charge is 0.330 e. The van der Waals surface area contributed by atoms with Gasteiger partial charge < -0.3 is 4.74 Å². The van der Waals surface area contributed by atoms with E-state index in [1.807, 2.05) is 37.3 Å². The molecule has 0 saturated heterocycles. The molecule has 2 rings (SSSR count). The molecule has 1 unspecified atom stereocenters. The molecule has 0 heterocycles. The van der Waals surface area contributed by atoms with E-state index in [9.17, 15) is 4.79 Å². The van der Waals surface area contributed by atoms with E-state index in [1.165, 1.54) is 7.11 Å². The fourth-order valence-electron chi connectivity index (χ4n) is 1.87. The minimum Gasteiger partial charge on any atom is -0.467 e. The van der Waals surface area contributed by atoms with Crippen LogP contribution in [0.5, 0.6) is 0 Å². The number of methoxy groups -OCH3 is 1. The first-order valence-electron chi connectivity index (χ1n) is 5.58. The van der Waals surface area contributed by atoms with Gasteiger partial charge in [0.15, 0.2) is 0 Å². The van der Waals surface area contributed by atoms with Crippen molar-refractivity contribution in [3.63, 3.8) is 0 Å². The van der Waals surface area contributed by atoms with Gasteiger partial charge >= 0.3 is 5.97 Å². The number of esters is 1. The first kappa shape index (κ1) is 11.1. The molecule has 1 aliphatic carbocycles. The van der Waals surface area contributed by atoms with Crippen molar-refractivity contribution in [1.29, 1.82) is 0 Å². The Labute approximate surface area is 95.8 Å². The molecule has 86 valence electrons. The molecule has 0 aliphatic heterocycles. The first-order valence-corrected chi connectivity index (χ1v) is 5.58. The molecule has 1 atom stereocenters. The van der Waals surface area contributed by atoms with E-state index in [0.29, 0.717) is 6.04 Å². The van der Waals surface area contributed by atoms with Gasteiger partial charge in [-0.05, 0) is 25.3 Å². The maximum Gasteiger partial charge on any atom is 0.330 e. The standard InChI is InChI=1S/C13H17NO2/c1-13(12(15)16-2,14-11-8-9-11)10-6-4-3-5-7-10/h3-7,11,14H,8-9H2,1-2H3. The molecule has 0 spiro atoms. The number of benzene rings is 1. The van der Waals surface area contributed by atoms with E-state index in [0.717, 1.165) is 18.4 Å². The van der Waals surface area contributed by atoms with Crippen LogP contribution >= 0.6 is 0 Å². The van der Waals surface area contributed by atoms with Gasteiger partial charge in [-0.2, -0.15) is 0 Å². The molecule has 0 aromatic heterocycles. The molecule has 1 saturated carbocycles. The third kappa shape index (κ3) is 2.09.